The van der Waals surface area contributed by atoms with E-state index >= 15 is 0 Å². The minimum Gasteiger partial charge on any atom is -0.493 e. The Morgan fingerprint density at radius 3 is 1.64 bits per heavy atom. The van der Waals surface area contributed by atoms with Crippen molar-refractivity contribution in [2.24, 2.45) is 0 Å². The summed E-state index contributed by atoms with van der Waals surface area (Å²) in [6, 6.07) is 8.68. The third kappa shape index (κ3) is 6.83. The van der Waals surface area contributed by atoms with Gasteiger partial charge in [0.1, 0.15) is 5.75 Å². The Bertz CT molecular complexity index is 906. The van der Waals surface area contributed by atoms with Crippen LogP contribution in [0, 0.1) is 17.5 Å². The Morgan fingerprint density at radius 2 is 1.12 bits per heavy atom. The Balaban J connectivity index is 1.15. The van der Waals surface area contributed by atoms with E-state index in [1.165, 1.54) is 4.90 Å². The normalized spacial score (nSPS) is 13.0. The highest BCUT2D eigenvalue weighted by Crippen LogP contribution is 2.23. The van der Waals surface area contributed by atoms with E-state index in [0.29, 0.717) is 24.3 Å². The highest BCUT2D eigenvalue weighted by molar-refractivity contribution is 6.21. The van der Waals surface area contributed by atoms with Crippen molar-refractivity contribution in [2.45, 2.75) is 64.2 Å². The highest BCUT2D eigenvalue weighted by Gasteiger charge is 2.34. The van der Waals surface area contributed by atoms with Crippen molar-refractivity contribution < 1.29 is 27.5 Å². The van der Waals surface area contributed by atoms with Gasteiger partial charge in [0.05, 0.1) is 17.7 Å². The minimum absolute atomic E-state index is 0.00870. The second-order valence-electron chi connectivity index (χ2n) is 8.39. The van der Waals surface area contributed by atoms with Crippen LogP contribution in [0.1, 0.15) is 84.9 Å². The van der Waals surface area contributed by atoms with Gasteiger partial charge in [0.15, 0.2) is 17.5 Å². The molecule has 0 bridgehead atoms. The summed E-state index contributed by atoms with van der Waals surface area (Å²) in [5, 5.41) is 0. The first kappa shape index (κ1) is 24.8. The fourth-order valence-electron chi connectivity index (χ4n) is 4.03. The van der Waals surface area contributed by atoms with Crippen LogP contribution < -0.4 is 4.74 Å². The van der Waals surface area contributed by atoms with Crippen LogP contribution in [0.15, 0.2) is 36.4 Å². The number of carbonyl (C=O) groups is 2. The average Bonchev–Trinajstić information content (AvgIpc) is 3.05. The van der Waals surface area contributed by atoms with E-state index in [9.17, 15) is 22.8 Å². The summed E-state index contributed by atoms with van der Waals surface area (Å²) >= 11 is 0. The van der Waals surface area contributed by atoms with E-state index in [1.807, 2.05) is 0 Å². The Kier molecular flexibility index (Phi) is 9.34. The largest absolute Gasteiger partial charge is 0.493 e. The van der Waals surface area contributed by atoms with E-state index in [4.69, 9.17) is 4.74 Å². The molecule has 0 saturated carbocycles. The monoisotopic (exact) mass is 461 g/mol. The van der Waals surface area contributed by atoms with Gasteiger partial charge in [-0.3, -0.25) is 14.5 Å². The van der Waals surface area contributed by atoms with Crippen molar-refractivity contribution >= 4 is 11.8 Å². The van der Waals surface area contributed by atoms with Gasteiger partial charge in [-0.05, 0) is 25.0 Å². The van der Waals surface area contributed by atoms with E-state index < -0.39 is 17.5 Å². The Hall–Kier alpha value is -2.83. The molecule has 0 saturated heterocycles. The van der Waals surface area contributed by atoms with Crippen LogP contribution in [-0.4, -0.2) is 29.9 Å². The van der Waals surface area contributed by atoms with Crippen molar-refractivity contribution in [1.29, 1.82) is 0 Å². The molecule has 178 valence electrons. The molecule has 0 unspecified atom stereocenters. The molecule has 2 aromatic carbocycles. The lowest BCUT2D eigenvalue weighted by molar-refractivity contribution is 0.0651. The summed E-state index contributed by atoms with van der Waals surface area (Å²) in [5.41, 5.74) is 1.01. The number of hydrogen-bond acceptors (Lipinski definition) is 3. The van der Waals surface area contributed by atoms with Crippen molar-refractivity contribution in [3.63, 3.8) is 0 Å². The molecule has 1 aliphatic heterocycles. The molecule has 1 aliphatic rings. The number of unbranched alkanes of at least 4 members (excludes halogenated alkanes) is 9. The minimum atomic E-state index is -1.48. The molecule has 7 heteroatoms. The molecule has 4 nitrogen and oxygen atoms in total. The molecule has 3 rings (SSSR count). The quantitative estimate of drug-likeness (QED) is 0.179. The molecule has 0 N–H and O–H groups in total. The molecule has 0 aromatic heterocycles. The van der Waals surface area contributed by atoms with Crippen LogP contribution in [0.4, 0.5) is 13.2 Å². The number of ether oxygens (including phenoxy) is 1. The zero-order chi connectivity index (χ0) is 23.6. The van der Waals surface area contributed by atoms with E-state index in [-0.39, 0.29) is 17.6 Å². The maximum Gasteiger partial charge on any atom is 0.261 e. The van der Waals surface area contributed by atoms with Crippen LogP contribution in [0.25, 0.3) is 0 Å². The summed E-state index contributed by atoms with van der Waals surface area (Å²) in [7, 11) is 0. The molecular formula is C26H30F3NO3. The maximum atomic E-state index is 13.1. The predicted octanol–water partition coefficient (Wildman–Crippen LogP) is 6.68. The van der Waals surface area contributed by atoms with Crippen LogP contribution in [0.2, 0.25) is 0 Å². The molecule has 2 amide bonds. The molecule has 0 spiro atoms. The smallest absolute Gasteiger partial charge is 0.261 e. The van der Waals surface area contributed by atoms with Gasteiger partial charge in [0.25, 0.3) is 11.8 Å². The maximum absolute atomic E-state index is 13.1. The first-order valence-corrected chi connectivity index (χ1v) is 11.7. The van der Waals surface area contributed by atoms with Crippen LogP contribution >= 0.6 is 0 Å². The van der Waals surface area contributed by atoms with Crippen LogP contribution in [-0.2, 0) is 0 Å². The summed E-state index contributed by atoms with van der Waals surface area (Å²) in [6.07, 6.45) is 10.3. The molecule has 2 aromatic rings. The molecule has 33 heavy (non-hydrogen) atoms. The number of amides is 2. The summed E-state index contributed by atoms with van der Waals surface area (Å²) < 4.78 is 44.4. The van der Waals surface area contributed by atoms with Crippen molar-refractivity contribution in [3.05, 3.63) is 65.0 Å². The van der Waals surface area contributed by atoms with Gasteiger partial charge in [-0.2, -0.15) is 0 Å². The van der Waals surface area contributed by atoms with Gasteiger partial charge in [0, 0.05) is 18.7 Å². The Morgan fingerprint density at radius 1 is 0.667 bits per heavy atom. The fourth-order valence-corrected chi connectivity index (χ4v) is 4.03. The average molecular weight is 462 g/mol. The summed E-state index contributed by atoms with van der Waals surface area (Å²) in [4.78, 5) is 26.0. The van der Waals surface area contributed by atoms with Crippen molar-refractivity contribution in [1.82, 2.24) is 4.90 Å². The molecule has 1 heterocycles. The third-order valence-electron chi connectivity index (χ3n) is 5.88. The van der Waals surface area contributed by atoms with Crippen molar-refractivity contribution in [2.75, 3.05) is 13.2 Å². The lowest BCUT2D eigenvalue weighted by Crippen LogP contribution is -2.30. The van der Waals surface area contributed by atoms with Gasteiger partial charge in [-0.15, -0.1) is 0 Å². The number of rotatable bonds is 14. The molecule has 0 atom stereocenters. The molecule has 0 radical (unpaired) electrons. The molecule has 0 fully saturated rings. The van der Waals surface area contributed by atoms with Crippen molar-refractivity contribution in [3.8, 4) is 5.75 Å². The molecule has 0 aliphatic carbocycles. The van der Waals surface area contributed by atoms with E-state index in [2.05, 4.69) is 0 Å². The second-order valence-corrected chi connectivity index (χ2v) is 8.39. The van der Waals surface area contributed by atoms with Gasteiger partial charge < -0.3 is 4.74 Å². The summed E-state index contributed by atoms with van der Waals surface area (Å²) in [6.45, 7) is 0.823. The SMILES string of the molecule is O=C1c2ccccc2C(=O)N1CCCCCCCCCCCCOc1cc(F)c(F)c(F)c1. The number of imide groups is 1. The number of benzene rings is 2. The van der Waals surface area contributed by atoms with Gasteiger partial charge in [-0.1, -0.05) is 63.5 Å². The number of fused-ring (bicyclic) bond motifs is 1. The van der Waals surface area contributed by atoms with E-state index in [0.717, 1.165) is 76.3 Å². The second kappa shape index (κ2) is 12.4. The zero-order valence-corrected chi connectivity index (χ0v) is 18.8. The van der Waals surface area contributed by atoms with Gasteiger partial charge >= 0.3 is 0 Å². The highest BCUT2D eigenvalue weighted by atomic mass is 19.2. The van der Waals surface area contributed by atoms with Gasteiger partial charge in [0.2, 0.25) is 0 Å². The fraction of sp³-hybridized carbons (Fsp3) is 0.462. The third-order valence-corrected chi connectivity index (χ3v) is 5.88. The number of hydrogen-bond donors (Lipinski definition) is 0. The zero-order valence-electron chi connectivity index (χ0n) is 18.8. The topological polar surface area (TPSA) is 46.6 Å². The molecular weight excluding hydrogens is 431 g/mol. The summed E-state index contributed by atoms with van der Waals surface area (Å²) in [5.74, 6) is -4.32. The number of carbonyl (C=O) groups excluding carboxylic acids is 2. The van der Waals surface area contributed by atoms with E-state index in [1.54, 1.807) is 24.3 Å². The standard InChI is InChI=1S/C26H30F3NO3/c27-22-17-19(18-23(28)24(22)29)33-16-12-8-6-4-2-1-3-5-7-11-15-30-25(31)20-13-9-10-14-21(20)26(30)32/h9-10,13-14,17-18H,1-8,11-12,15-16H2. The first-order chi connectivity index (χ1) is 16.0. The lowest BCUT2D eigenvalue weighted by Gasteiger charge is -2.13. The first-order valence-electron chi connectivity index (χ1n) is 11.7. The number of halogens is 3. The lowest BCUT2D eigenvalue weighted by atomic mass is 10.1. The van der Waals surface area contributed by atoms with Crippen LogP contribution in [0.3, 0.4) is 0 Å². The number of nitrogens with zero attached hydrogens (tertiary/aromatic N) is 1. The predicted molar refractivity (Wildman–Crippen MR) is 120 cm³/mol. The van der Waals surface area contributed by atoms with Gasteiger partial charge in [-0.25, -0.2) is 13.2 Å². The Labute approximate surface area is 192 Å². The van der Waals surface area contributed by atoms with Crippen LogP contribution in [0.5, 0.6) is 5.75 Å².